The normalized spacial score (nSPS) is 12.2. The Hall–Kier alpha value is -1.51. The van der Waals surface area contributed by atoms with Crippen LogP contribution >= 0.6 is 0 Å². The summed E-state index contributed by atoms with van der Waals surface area (Å²) in [5.74, 6) is 1.08. The van der Waals surface area contributed by atoms with Crippen molar-refractivity contribution in [1.82, 2.24) is 5.32 Å². The van der Waals surface area contributed by atoms with Crippen LogP contribution in [0.15, 0.2) is 12.1 Å². The second-order valence-electron chi connectivity index (χ2n) is 6.30. The first kappa shape index (κ1) is 18.5. The van der Waals surface area contributed by atoms with Gasteiger partial charge in [-0.1, -0.05) is 45.2 Å². The highest BCUT2D eigenvalue weighted by Crippen LogP contribution is 2.23. The number of nitrogens with one attached hydrogen (secondary N) is 1. The van der Waals surface area contributed by atoms with Crippen LogP contribution in [-0.4, -0.2) is 17.6 Å². The van der Waals surface area contributed by atoms with E-state index in [-0.39, 0.29) is 5.91 Å². The molecule has 0 aliphatic heterocycles. The van der Waals surface area contributed by atoms with Gasteiger partial charge in [-0.3, -0.25) is 4.79 Å². The number of unbranched alkanes of at least 4 members (excludes halogenated alkanes) is 1. The van der Waals surface area contributed by atoms with Gasteiger partial charge in [-0.25, -0.2) is 0 Å². The van der Waals surface area contributed by atoms with E-state index in [9.17, 15) is 9.90 Å². The summed E-state index contributed by atoms with van der Waals surface area (Å²) in [7, 11) is 0. The van der Waals surface area contributed by atoms with Gasteiger partial charge in [0.2, 0.25) is 5.91 Å². The molecule has 0 saturated heterocycles. The highest BCUT2D eigenvalue weighted by Gasteiger charge is 2.09. The molecule has 1 atom stereocenters. The number of aromatic hydroxyl groups is 1. The maximum atomic E-state index is 12.0. The number of rotatable bonds is 9. The number of hydrogen-bond donors (Lipinski definition) is 2. The summed E-state index contributed by atoms with van der Waals surface area (Å²) in [5, 5.41) is 12.8. The van der Waals surface area contributed by atoms with Gasteiger partial charge >= 0.3 is 0 Å². The first-order valence-corrected chi connectivity index (χ1v) is 8.53. The van der Waals surface area contributed by atoms with Gasteiger partial charge in [0.1, 0.15) is 5.75 Å². The summed E-state index contributed by atoms with van der Waals surface area (Å²) in [6.45, 7) is 8.97. The van der Waals surface area contributed by atoms with Gasteiger partial charge in [-0.05, 0) is 49.3 Å². The number of phenols is 1. The largest absolute Gasteiger partial charge is 0.507 e. The van der Waals surface area contributed by atoms with Gasteiger partial charge in [-0.2, -0.15) is 0 Å². The van der Waals surface area contributed by atoms with E-state index < -0.39 is 0 Å². The zero-order valence-electron chi connectivity index (χ0n) is 14.5. The van der Waals surface area contributed by atoms with Gasteiger partial charge in [0.15, 0.2) is 0 Å². The zero-order valence-corrected chi connectivity index (χ0v) is 14.5. The predicted molar refractivity (Wildman–Crippen MR) is 92.2 cm³/mol. The van der Waals surface area contributed by atoms with E-state index in [4.69, 9.17) is 0 Å². The van der Waals surface area contributed by atoms with Crippen LogP contribution < -0.4 is 5.32 Å². The molecule has 0 saturated carbocycles. The van der Waals surface area contributed by atoms with E-state index in [1.165, 1.54) is 19.3 Å². The molecule has 0 aliphatic carbocycles. The molecule has 1 aromatic rings. The third-order valence-electron chi connectivity index (χ3n) is 4.32. The Labute approximate surface area is 135 Å². The topological polar surface area (TPSA) is 49.3 Å². The number of aryl methyl sites for hydroxylation is 3. The first-order chi connectivity index (χ1) is 10.5. The van der Waals surface area contributed by atoms with Crippen LogP contribution in [0.3, 0.4) is 0 Å². The summed E-state index contributed by atoms with van der Waals surface area (Å²) in [6, 6.07) is 3.93. The third-order valence-corrected chi connectivity index (χ3v) is 4.32. The molecule has 0 fully saturated rings. The van der Waals surface area contributed by atoms with Crippen molar-refractivity contribution in [2.45, 2.75) is 66.2 Å². The zero-order chi connectivity index (χ0) is 16.5. The van der Waals surface area contributed by atoms with Gasteiger partial charge in [0.25, 0.3) is 0 Å². The third kappa shape index (κ3) is 6.08. The maximum Gasteiger partial charge on any atom is 0.220 e. The van der Waals surface area contributed by atoms with Crippen molar-refractivity contribution in [1.29, 1.82) is 0 Å². The molecule has 2 N–H and O–H groups in total. The summed E-state index contributed by atoms with van der Waals surface area (Å²) in [4.78, 5) is 12.0. The fourth-order valence-corrected chi connectivity index (χ4v) is 2.74. The van der Waals surface area contributed by atoms with E-state index in [0.717, 1.165) is 36.1 Å². The monoisotopic (exact) mass is 305 g/mol. The predicted octanol–water partition coefficient (Wildman–Crippen LogP) is 4.27. The number of carbonyl (C=O) groups is 1. The molecule has 3 heteroatoms. The number of amides is 1. The highest BCUT2D eigenvalue weighted by atomic mass is 16.3. The minimum absolute atomic E-state index is 0.123. The van der Waals surface area contributed by atoms with Crippen LogP contribution in [0.4, 0.5) is 0 Å². The lowest BCUT2D eigenvalue weighted by Gasteiger charge is -2.15. The van der Waals surface area contributed by atoms with Crippen molar-refractivity contribution in [3.8, 4) is 5.75 Å². The van der Waals surface area contributed by atoms with Gasteiger partial charge in [-0.15, -0.1) is 0 Å². The molecule has 0 heterocycles. The first-order valence-electron chi connectivity index (χ1n) is 8.53. The molecule has 3 nitrogen and oxygen atoms in total. The summed E-state index contributed by atoms with van der Waals surface area (Å²) in [6.07, 6.45) is 6.00. The lowest BCUT2D eigenvalue weighted by atomic mass is 9.99. The molecule has 1 unspecified atom stereocenters. The Morgan fingerprint density at radius 3 is 2.41 bits per heavy atom. The molecular weight excluding hydrogens is 274 g/mol. The second kappa shape index (κ2) is 9.50. The molecule has 22 heavy (non-hydrogen) atoms. The molecular formula is C19H31NO2. The molecule has 0 radical (unpaired) electrons. The Kier molecular flexibility index (Phi) is 8.00. The molecule has 1 rings (SSSR count). The fourth-order valence-electron chi connectivity index (χ4n) is 2.74. The summed E-state index contributed by atoms with van der Waals surface area (Å²) in [5.41, 5.74) is 2.86. The van der Waals surface area contributed by atoms with Crippen LogP contribution in [-0.2, 0) is 11.2 Å². The molecule has 1 aromatic carbocycles. The molecule has 0 spiro atoms. The molecule has 1 amide bonds. The Morgan fingerprint density at radius 1 is 1.23 bits per heavy atom. The number of benzene rings is 1. The molecule has 0 aliphatic rings. The SMILES string of the molecule is CCCCC(CC)CNC(=O)CCc1cc(C)c(O)c(C)c1. The summed E-state index contributed by atoms with van der Waals surface area (Å²) >= 11 is 0. The van der Waals surface area contributed by atoms with Crippen molar-refractivity contribution in [3.63, 3.8) is 0 Å². The van der Waals surface area contributed by atoms with Crippen molar-refractivity contribution < 1.29 is 9.90 Å². The summed E-state index contributed by atoms with van der Waals surface area (Å²) < 4.78 is 0. The van der Waals surface area contributed by atoms with Crippen LogP contribution in [0, 0.1) is 19.8 Å². The Balaban J connectivity index is 2.40. The van der Waals surface area contributed by atoms with E-state index in [1.54, 1.807) is 0 Å². The van der Waals surface area contributed by atoms with E-state index >= 15 is 0 Å². The average molecular weight is 305 g/mol. The molecule has 0 aromatic heterocycles. The van der Waals surface area contributed by atoms with Crippen LogP contribution in [0.25, 0.3) is 0 Å². The standard InChI is InChI=1S/C19H31NO2/c1-5-7-8-16(6-2)13-20-18(21)10-9-17-11-14(3)19(22)15(4)12-17/h11-12,16,22H,5-10,13H2,1-4H3,(H,20,21). The van der Waals surface area contributed by atoms with Crippen molar-refractivity contribution >= 4 is 5.91 Å². The second-order valence-corrected chi connectivity index (χ2v) is 6.30. The van der Waals surface area contributed by atoms with Crippen LogP contribution in [0.2, 0.25) is 0 Å². The van der Waals surface area contributed by atoms with Crippen molar-refractivity contribution in [3.05, 3.63) is 28.8 Å². The minimum Gasteiger partial charge on any atom is -0.507 e. The van der Waals surface area contributed by atoms with Gasteiger partial charge in [0, 0.05) is 13.0 Å². The number of phenolic OH excluding ortho intramolecular Hbond substituents is 1. The minimum atomic E-state index is 0.123. The average Bonchev–Trinajstić information content (AvgIpc) is 2.50. The van der Waals surface area contributed by atoms with Crippen LogP contribution in [0.1, 0.15) is 62.6 Å². The van der Waals surface area contributed by atoms with E-state index in [1.807, 2.05) is 26.0 Å². The van der Waals surface area contributed by atoms with Gasteiger partial charge < -0.3 is 10.4 Å². The van der Waals surface area contributed by atoms with Gasteiger partial charge in [0.05, 0.1) is 0 Å². The quantitative estimate of drug-likeness (QED) is 0.715. The van der Waals surface area contributed by atoms with E-state index in [0.29, 0.717) is 18.1 Å². The van der Waals surface area contributed by atoms with E-state index in [2.05, 4.69) is 19.2 Å². The maximum absolute atomic E-state index is 12.0. The lowest BCUT2D eigenvalue weighted by molar-refractivity contribution is -0.121. The number of carbonyl (C=O) groups excluding carboxylic acids is 1. The van der Waals surface area contributed by atoms with Crippen LogP contribution in [0.5, 0.6) is 5.75 Å². The highest BCUT2D eigenvalue weighted by molar-refractivity contribution is 5.76. The molecule has 124 valence electrons. The van der Waals surface area contributed by atoms with Crippen molar-refractivity contribution in [2.24, 2.45) is 5.92 Å². The Bertz CT molecular complexity index is 459. The smallest absolute Gasteiger partial charge is 0.220 e. The molecule has 0 bridgehead atoms. The Morgan fingerprint density at radius 2 is 1.86 bits per heavy atom. The number of hydrogen-bond acceptors (Lipinski definition) is 2. The van der Waals surface area contributed by atoms with Crippen molar-refractivity contribution in [2.75, 3.05) is 6.54 Å². The lowest BCUT2D eigenvalue weighted by Crippen LogP contribution is -2.29. The fraction of sp³-hybridized carbons (Fsp3) is 0.632.